The Labute approximate surface area is 164 Å². The van der Waals surface area contributed by atoms with Crippen LogP contribution in [0.3, 0.4) is 0 Å². The van der Waals surface area contributed by atoms with Crippen LogP contribution in [0.4, 0.5) is 4.39 Å². The van der Waals surface area contributed by atoms with Gasteiger partial charge in [-0.05, 0) is 42.2 Å². The van der Waals surface area contributed by atoms with Crippen molar-refractivity contribution in [2.24, 2.45) is 0 Å². The Morgan fingerprint density at radius 2 is 1.86 bits per heavy atom. The second-order valence-electron chi connectivity index (χ2n) is 6.65. The lowest BCUT2D eigenvalue weighted by molar-refractivity contribution is -0.139. The number of hydrogen-bond donors (Lipinski definition) is 3. The molecule has 0 aliphatic rings. The Balaban J connectivity index is 2.38. The van der Waals surface area contributed by atoms with Gasteiger partial charge in [-0.3, -0.25) is 9.78 Å². The number of rotatable bonds is 9. The molecule has 0 bridgehead atoms. The molecule has 0 aliphatic heterocycles. The first-order valence-corrected chi connectivity index (χ1v) is 9.38. The van der Waals surface area contributed by atoms with Crippen LogP contribution in [-0.4, -0.2) is 38.5 Å². The number of halogens is 1. The molecule has 1 aromatic carbocycles. The van der Waals surface area contributed by atoms with Gasteiger partial charge in [-0.25, -0.2) is 4.39 Å². The second-order valence-corrected chi connectivity index (χ2v) is 6.65. The molecule has 0 fully saturated rings. The fraction of sp³-hybridized carbons (Fsp3) is 0.364. The molecule has 2 aromatic rings. The molecule has 0 spiro atoms. The largest absolute Gasteiger partial charge is 0.481 e. The maximum Gasteiger partial charge on any atom is 0.305 e. The lowest BCUT2D eigenvalue weighted by Gasteiger charge is -2.15. The number of aliphatic hydroxyl groups excluding tert-OH is 2. The summed E-state index contributed by atoms with van der Waals surface area (Å²) in [5.74, 6) is -1.43. The van der Waals surface area contributed by atoms with Crippen LogP contribution < -0.4 is 0 Å². The summed E-state index contributed by atoms with van der Waals surface area (Å²) in [6.45, 7) is 4.00. The zero-order valence-corrected chi connectivity index (χ0v) is 16.1. The van der Waals surface area contributed by atoms with Gasteiger partial charge < -0.3 is 15.3 Å². The van der Waals surface area contributed by atoms with Gasteiger partial charge >= 0.3 is 5.97 Å². The molecular formula is C22H26FNO4. The minimum atomic E-state index is -1.13. The Hall–Kier alpha value is -2.57. The van der Waals surface area contributed by atoms with Crippen molar-refractivity contribution >= 4 is 12.0 Å². The number of nitrogens with zero attached hydrogens (tertiary/aromatic N) is 1. The third-order valence-electron chi connectivity index (χ3n) is 4.45. The summed E-state index contributed by atoms with van der Waals surface area (Å²) in [5, 5.41) is 28.5. The maximum atomic E-state index is 13.3. The van der Waals surface area contributed by atoms with Crippen molar-refractivity contribution in [2.45, 2.75) is 51.7 Å². The van der Waals surface area contributed by atoms with Gasteiger partial charge in [-0.1, -0.05) is 38.1 Å². The Kier molecular flexibility index (Phi) is 7.84. The summed E-state index contributed by atoms with van der Waals surface area (Å²) in [7, 11) is 0. The molecule has 0 saturated heterocycles. The standard InChI is InChI=1S/C22H26FNO4/c1-3-16-11-20(14-5-7-15(23)8-6-14)19(21(4-2)24-16)10-9-17(25)12-18(26)13-22(27)28/h5-11,17-18,25-26H,3-4,12-13H2,1-2H3,(H,27,28)/b10-9+/t17-,18-/m0/s1. The van der Waals surface area contributed by atoms with E-state index in [9.17, 15) is 19.4 Å². The van der Waals surface area contributed by atoms with Crippen molar-refractivity contribution in [2.75, 3.05) is 0 Å². The predicted molar refractivity (Wildman–Crippen MR) is 106 cm³/mol. The fourth-order valence-corrected chi connectivity index (χ4v) is 3.02. The molecule has 1 heterocycles. The van der Waals surface area contributed by atoms with Gasteiger partial charge in [0.15, 0.2) is 0 Å². The molecule has 2 rings (SSSR count). The Bertz CT molecular complexity index is 833. The Morgan fingerprint density at radius 1 is 1.18 bits per heavy atom. The highest BCUT2D eigenvalue weighted by Gasteiger charge is 2.15. The van der Waals surface area contributed by atoms with Crippen molar-refractivity contribution in [3.05, 3.63) is 59.2 Å². The van der Waals surface area contributed by atoms with E-state index < -0.39 is 24.6 Å². The molecule has 0 amide bonds. The molecule has 3 N–H and O–H groups in total. The maximum absolute atomic E-state index is 13.3. The number of aliphatic hydroxyl groups is 2. The van der Waals surface area contributed by atoms with Crippen LogP contribution in [-0.2, 0) is 17.6 Å². The number of aromatic nitrogens is 1. The second kappa shape index (κ2) is 10.1. The number of carbonyl (C=O) groups is 1. The van der Waals surface area contributed by atoms with Gasteiger partial charge in [-0.2, -0.15) is 0 Å². The summed E-state index contributed by atoms with van der Waals surface area (Å²) in [5.41, 5.74) is 4.32. The minimum Gasteiger partial charge on any atom is -0.481 e. The number of pyridine rings is 1. The first-order valence-electron chi connectivity index (χ1n) is 9.38. The quantitative estimate of drug-likeness (QED) is 0.611. The summed E-state index contributed by atoms with van der Waals surface area (Å²) in [6, 6.07) is 8.16. The van der Waals surface area contributed by atoms with E-state index in [1.807, 2.05) is 19.9 Å². The van der Waals surface area contributed by atoms with E-state index >= 15 is 0 Å². The van der Waals surface area contributed by atoms with Gasteiger partial charge in [0.1, 0.15) is 5.82 Å². The molecular weight excluding hydrogens is 361 g/mol. The highest BCUT2D eigenvalue weighted by molar-refractivity contribution is 5.77. The third-order valence-corrected chi connectivity index (χ3v) is 4.45. The topological polar surface area (TPSA) is 90.7 Å². The summed E-state index contributed by atoms with van der Waals surface area (Å²) >= 11 is 0. The summed E-state index contributed by atoms with van der Waals surface area (Å²) in [4.78, 5) is 15.3. The van der Waals surface area contributed by atoms with Crippen LogP contribution in [0.1, 0.15) is 43.6 Å². The van der Waals surface area contributed by atoms with Crippen LogP contribution in [0.2, 0.25) is 0 Å². The minimum absolute atomic E-state index is 0.0728. The highest BCUT2D eigenvalue weighted by atomic mass is 19.1. The van der Waals surface area contributed by atoms with Crippen molar-refractivity contribution in [3.8, 4) is 11.1 Å². The molecule has 0 aliphatic carbocycles. The van der Waals surface area contributed by atoms with Gasteiger partial charge in [0.25, 0.3) is 0 Å². The molecule has 2 atom stereocenters. The molecule has 1 aromatic heterocycles. The zero-order valence-electron chi connectivity index (χ0n) is 16.1. The van der Waals surface area contributed by atoms with Crippen molar-refractivity contribution in [1.82, 2.24) is 4.98 Å². The van der Waals surface area contributed by atoms with Crippen LogP contribution in [0.25, 0.3) is 17.2 Å². The third kappa shape index (κ3) is 5.97. The first kappa shape index (κ1) is 21.7. The monoisotopic (exact) mass is 387 g/mol. The number of hydrogen-bond acceptors (Lipinski definition) is 4. The number of carboxylic acid groups (broad SMARTS) is 1. The molecule has 0 radical (unpaired) electrons. The van der Waals surface area contributed by atoms with Crippen molar-refractivity contribution < 1.29 is 24.5 Å². The average Bonchev–Trinajstić information content (AvgIpc) is 2.65. The van der Waals surface area contributed by atoms with Gasteiger partial charge in [-0.15, -0.1) is 0 Å². The van der Waals surface area contributed by atoms with E-state index in [4.69, 9.17) is 5.11 Å². The van der Waals surface area contributed by atoms with E-state index in [0.717, 1.165) is 34.5 Å². The first-order chi connectivity index (χ1) is 13.3. The Morgan fingerprint density at radius 3 is 2.43 bits per heavy atom. The van der Waals surface area contributed by atoms with E-state index in [2.05, 4.69) is 4.98 Å². The molecule has 6 heteroatoms. The van der Waals surface area contributed by atoms with Crippen LogP contribution >= 0.6 is 0 Å². The molecule has 0 unspecified atom stereocenters. The number of aliphatic carboxylic acids is 1. The van der Waals surface area contributed by atoms with E-state index in [1.165, 1.54) is 18.2 Å². The lowest BCUT2D eigenvalue weighted by atomic mass is 9.95. The number of carboxylic acids is 1. The van der Waals surface area contributed by atoms with Crippen LogP contribution in [0.5, 0.6) is 0 Å². The zero-order chi connectivity index (χ0) is 20.7. The summed E-state index contributed by atoms with van der Waals surface area (Å²) in [6.07, 6.45) is 2.09. The van der Waals surface area contributed by atoms with Gasteiger partial charge in [0.2, 0.25) is 0 Å². The van der Waals surface area contributed by atoms with Crippen molar-refractivity contribution in [3.63, 3.8) is 0 Å². The van der Waals surface area contributed by atoms with E-state index in [-0.39, 0.29) is 12.2 Å². The molecule has 150 valence electrons. The number of aryl methyl sites for hydroxylation is 2. The van der Waals surface area contributed by atoms with Gasteiger partial charge in [0.05, 0.1) is 18.6 Å². The lowest BCUT2D eigenvalue weighted by Crippen LogP contribution is -2.19. The smallest absolute Gasteiger partial charge is 0.305 e. The highest BCUT2D eigenvalue weighted by Crippen LogP contribution is 2.29. The van der Waals surface area contributed by atoms with Gasteiger partial charge in [0, 0.05) is 23.4 Å². The van der Waals surface area contributed by atoms with E-state index in [1.54, 1.807) is 18.2 Å². The van der Waals surface area contributed by atoms with E-state index in [0.29, 0.717) is 6.42 Å². The fourth-order valence-electron chi connectivity index (χ4n) is 3.02. The average molecular weight is 387 g/mol. The normalized spacial score (nSPS) is 13.6. The summed E-state index contributed by atoms with van der Waals surface area (Å²) < 4.78 is 13.3. The predicted octanol–water partition coefficient (Wildman–Crippen LogP) is 3.61. The molecule has 0 saturated carbocycles. The molecule has 5 nitrogen and oxygen atoms in total. The van der Waals surface area contributed by atoms with Crippen molar-refractivity contribution in [1.29, 1.82) is 0 Å². The SMILES string of the molecule is CCc1cc(-c2ccc(F)cc2)c(/C=C/[C@H](O)C[C@H](O)CC(=O)O)c(CC)n1. The van der Waals surface area contributed by atoms with Crippen LogP contribution in [0.15, 0.2) is 36.4 Å². The number of benzene rings is 1. The molecule has 28 heavy (non-hydrogen) atoms. The van der Waals surface area contributed by atoms with Crippen LogP contribution in [0, 0.1) is 5.82 Å².